The summed E-state index contributed by atoms with van der Waals surface area (Å²) in [6, 6.07) is 8.40. The highest BCUT2D eigenvalue weighted by atomic mass is 16.5. The third-order valence-electron chi connectivity index (χ3n) is 2.35. The zero-order valence-electron chi connectivity index (χ0n) is 8.36. The Morgan fingerprint density at radius 2 is 2.14 bits per heavy atom. The molecule has 0 radical (unpaired) electrons. The number of fused-ring (bicyclic) bond motifs is 1. The first-order valence-corrected chi connectivity index (χ1v) is 4.90. The van der Waals surface area contributed by atoms with Crippen LogP contribution in [0.1, 0.15) is 18.1 Å². The van der Waals surface area contributed by atoms with Crippen LogP contribution in [0.3, 0.4) is 0 Å². The Morgan fingerprint density at radius 3 is 3.00 bits per heavy atom. The summed E-state index contributed by atoms with van der Waals surface area (Å²) in [7, 11) is 0. The molecular weight excluding hydrogens is 172 g/mol. The molecule has 1 heteroatoms. The molecule has 0 fully saturated rings. The van der Waals surface area contributed by atoms with Gasteiger partial charge in [-0.3, -0.25) is 0 Å². The number of allylic oxidation sites excluding steroid dienone is 3. The molecule has 1 aliphatic heterocycles. The van der Waals surface area contributed by atoms with Gasteiger partial charge >= 0.3 is 0 Å². The van der Waals surface area contributed by atoms with Crippen LogP contribution < -0.4 is 0 Å². The zero-order chi connectivity index (χ0) is 9.80. The maximum absolute atomic E-state index is 5.49. The second-order valence-electron chi connectivity index (χ2n) is 3.33. The molecule has 1 aromatic carbocycles. The first-order valence-electron chi connectivity index (χ1n) is 4.90. The van der Waals surface area contributed by atoms with Crippen LogP contribution in [0, 0.1) is 0 Å². The Bertz CT molecular complexity index is 375. The smallest absolute Gasteiger partial charge is 0.0727 e. The maximum atomic E-state index is 5.49. The summed E-state index contributed by atoms with van der Waals surface area (Å²) in [6.45, 7) is 3.46. The average Bonchev–Trinajstić information content (AvgIpc) is 2.42. The van der Waals surface area contributed by atoms with Crippen molar-refractivity contribution in [3.63, 3.8) is 0 Å². The van der Waals surface area contributed by atoms with Crippen molar-refractivity contribution < 1.29 is 4.74 Å². The fourth-order valence-corrected chi connectivity index (χ4v) is 1.69. The first kappa shape index (κ1) is 9.22. The zero-order valence-corrected chi connectivity index (χ0v) is 8.36. The van der Waals surface area contributed by atoms with Crippen LogP contribution in [0.15, 0.2) is 42.5 Å². The second-order valence-corrected chi connectivity index (χ2v) is 3.33. The lowest BCUT2D eigenvalue weighted by atomic mass is 10.00. The van der Waals surface area contributed by atoms with E-state index in [0.717, 1.165) is 0 Å². The molecule has 0 N–H and O–H groups in total. The number of benzene rings is 1. The number of hydrogen-bond donors (Lipinski definition) is 0. The third-order valence-corrected chi connectivity index (χ3v) is 2.35. The quantitative estimate of drug-likeness (QED) is 0.654. The van der Waals surface area contributed by atoms with Gasteiger partial charge < -0.3 is 4.74 Å². The van der Waals surface area contributed by atoms with Gasteiger partial charge in [0.1, 0.15) is 0 Å². The summed E-state index contributed by atoms with van der Waals surface area (Å²) in [5, 5.41) is 0. The molecule has 0 unspecified atom stereocenters. The standard InChI is InChI=1S/C13H14O/c1-2-5-11-8-9-14-10-12-6-3-4-7-13(11)12/h2-8H,9-10H2,1H3/b5-2+. The van der Waals surface area contributed by atoms with Gasteiger partial charge in [-0.25, -0.2) is 0 Å². The summed E-state index contributed by atoms with van der Waals surface area (Å²) in [6.07, 6.45) is 6.33. The van der Waals surface area contributed by atoms with E-state index in [0.29, 0.717) is 13.2 Å². The van der Waals surface area contributed by atoms with Crippen molar-refractivity contribution in [3.05, 3.63) is 53.6 Å². The molecule has 0 saturated heterocycles. The number of ether oxygens (including phenoxy) is 1. The van der Waals surface area contributed by atoms with Gasteiger partial charge in [0.25, 0.3) is 0 Å². The fraction of sp³-hybridized carbons (Fsp3) is 0.231. The molecule has 0 atom stereocenters. The van der Waals surface area contributed by atoms with E-state index in [1.807, 2.05) is 6.92 Å². The lowest BCUT2D eigenvalue weighted by molar-refractivity contribution is 0.150. The minimum Gasteiger partial charge on any atom is -0.373 e. The van der Waals surface area contributed by atoms with Crippen LogP contribution in [-0.4, -0.2) is 6.61 Å². The van der Waals surface area contributed by atoms with Crippen molar-refractivity contribution in [1.29, 1.82) is 0 Å². The summed E-state index contributed by atoms with van der Waals surface area (Å²) in [4.78, 5) is 0. The van der Waals surface area contributed by atoms with Crippen molar-refractivity contribution in [2.24, 2.45) is 0 Å². The normalized spacial score (nSPS) is 16.2. The largest absolute Gasteiger partial charge is 0.373 e. The van der Waals surface area contributed by atoms with E-state index in [9.17, 15) is 0 Å². The van der Waals surface area contributed by atoms with Crippen molar-refractivity contribution in [1.82, 2.24) is 0 Å². The van der Waals surface area contributed by atoms with E-state index in [1.165, 1.54) is 16.7 Å². The van der Waals surface area contributed by atoms with E-state index in [1.54, 1.807) is 0 Å². The molecule has 0 amide bonds. The van der Waals surface area contributed by atoms with Crippen molar-refractivity contribution in [3.8, 4) is 0 Å². The Labute approximate surface area is 84.7 Å². The van der Waals surface area contributed by atoms with Gasteiger partial charge in [-0.2, -0.15) is 0 Å². The van der Waals surface area contributed by atoms with Crippen LogP contribution in [-0.2, 0) is 11.3 Å². The minimum atomic E-state index is 0.703. The van der Waals surface area contributed by atoms with Crippen LogP contribution in [0.25, 0.3) is 5.57 Å². The monoisotopic (exact) mass is 186 g/mol. The van der Waals surface area contributed by atoms with Crippen LogP contribution in [0.2, 0.25) is 0 Å². The Morgan fingerprint density at radius 1 is 1.29 bits per heavy atom. The van der Waals surface area contributed by atoms with Crippen molar-refractivity contribution in [2.45, 2.75) is 13.5 Å². The Hall–Kier alpha value is -1.34. The minimum absolute atomic E-state index is 0.703. The molecule has 2 rings (SSSR count). The van der Waals surface area contributed by atoms with Crippen LogP contribution in [0.5, 0.6) is 0 Å². The Balaban J connectivity index is 2.47. The van der Waals surface area contributed by atoms with E-state index in [-0.39, 0.29) is 0 Å². The third kappa shape index (κ3) is 1.78. The van der Waals surface area contributed by atoms with Gasteiger partial charge in [0.05, 0.1) is 13.2 Å². The molecule has 0 aliphatic carbocycles. The van der Waals surface area contributed by atoms with E-state index in [4.69, 9.17) is 4.74 Å². The van der Waals surface area contributed by atoms with Gasteiger partial charge in [0, 0.05) is 0 Å². The molecule has 0 spiro atoms. The van der Waals surface area contributed by atoms with E-state index >= 15 is 0 Å². The summed E-state index contributed by atoms with van der Waals surface area (Å²) < 4.78 is 5.49. The number of hydrogen-bond acceptors (Lipinski definition) is 1. The van der Waals surface area contributed by atoms with Gasteiger partial charge in [-0.05, 0) is 23.6 Å². The number of rotatable bonds is 1. The highest BCUT2D eigenvalue weighted by Crippen LogP contribution is 2.23. The molecule has 0 aromatic heterocycles. The van der Waals surface area contributed by atoms with Gasteiger partial charge in [-0.15, -0.1) is 0 Å². The van der Waals surface area contributed by atoms with Gasteiger partial charge in [0.2, 0.25) is 0 Å². The van der Waals surface area contributed by atoms with Crippen LogP contribution in [0.4, 0.5) is 0 Å². The molecule has 0 saturated carbocycles. The molecule has 1 heterocycles. The molecule has 1 nitrogen and oxygen atoms in total. The second kappa shape index (κ2) is 4.25. The fourth-order valence-electron chi connectivity index (χ4n) is 1.69. The highest BCUT2D eigenvalue weighted by Gasteiger charge is 2.07. The molecule has 1 aromatic rings. The molecule has 0 bridgehead atoms. The first-order chi connectivity index (χ1) is 6.92. The van der Waals surface area contributed by atoms with Gasteiger partial charge in [0.15, 0.2) is 0 Å². The lowest BCUT2D eigenvalue weighted by Gasteiger charge is -2.05. The molecule has 72 valence electrons. The maximum Gasteiger partial charge on any atom is 0.0727 e. The SMILES string of the molecule is C/C=C/C1=CCOCc2ccccc21. The summed E-state index contributed by atoms with van der Waals surface area (Å²) in [5.41, 5.74) is 3.83. The van der Waals surface area contributed by atoms with Gasteiger partial charge in [-0.1, -0.05) is 42.5 Å². The molecular formula is C13H14O. The predicted octanol–water partition coefficient (Wildman–Crippen LogP) is 3.18. The van der Waals surface area contributed by atoms with Crippen molar-refractivity contribution in [2.75, 3.05) is 6.61 Å². The van der Waals surface area contributed by atoms with Crippen LogP contribution >= 0.6 is 0 Å². The Kier molecular flexibility index (Phi) is 2.80. The topological polar surface area (TPSA) is 9.23 Å². The van der Waals surface area contributed by atoms with E-state index < -0.39 is 0 Å². The molecule has 14 heavy (non-hydrogen) atoms. The highest BCUT2D eigenvalue weighted by molar-refractivity contribution is 5.76. The van der Waals surface area contributed by atoms with E-state index in [2.05, 4.69) is 42.5 Å². The van der Waals surface area contributed by atoms with Crippen molar-refractivity contribution >= 4 is 5.57 Å². The summed E-state index contributed by atoms with van der Waals surface area (Å²) in [5.74, 6) is 0. The molecule has 1 aliphatic rings. The predicted molar refractivity (Wildman–Crippen MR) is 58.9 cm³/mol. The summed E-state index contributed by atoms with van der Waals surface area (Å²) >= 11 is 0. The lowest BCUT2D eigenvalue weighted by Crippen LogP contribution is -1.91. The average molecular weight is 186 g/mol.